The van der Waals surface area contributed by atoms with Crippen molar-refractivity contribution in [3.05, 3.63) is 35.2 Å². The van der Waals surface area contributed by atoms with Crippen LogP contribution in [0.25, 0.3) is 5.52 Å². The van der Waals surface area contributed by atoms with Gasteiger partial charge in [0.05, 0.1) is 11.1 Å². The lowest BCUT2D eigenvalue weighted by molar-refractivity contribution is -0.141. The molecule has 0 aliphatic heterocycles. The van der Waals surface area contributed by atoms with Crippen LogP contribution in [0.3, 0.4) is 0 Å². The van der Waals surface area contributed by atoms with E-state index < -0.39 is 17.8 Å². The van der Waals surface area contributed by atoms with Crippen molar-refractivity contribution in [2.45, 2.75) is 13.1 Å². The number of pyridine rings is 1. The zero-order valence-electron chi connectivity index (χ0n) is 8.75. The molecule has 2 aromatic rings. The molecule has 0 aliphatic carbocycles. The van der Waals surface area contributed by atoms with Crippen LogP contribution in [0.1, 0.15) is 21.7 Å². The number of alkyl halides is 3. The van der Waals surface area contributed by atoms with Crippen LogP contribution < -0.4 is 5.73 Å². The van der Waals surface area contributed by atoms with Crippen LogP contribution in [0.5, 0.6) is 0 Å². The topological polar surface area (TPSA) is 60.4 Å². The van der Waals surface area contributed by atoms with Gasteiger partial charge in [0.1, 0.15) is 0 Å². The molecule has 0 aliphatic rings. The molecule has 0 unspecified atom stereocenters. The van der Waals surface area contributed by atoms with Crippen molar-refractivity contribution in [3.8, 4) is 0 Å². The average Bonchev–Trinajstić information content (AvgIpc) is 2.62. The summed E-state index contributed by atoms with van der Waals surface area (Å²) in [6.45, 7) is 1.59. The smallest absolute Gasteiger partial charge is 0.366 e. The fourth-order valence-corrected chi connectivity index (χ4v) is 1.55. The first-order valence-corrected chi connectivity index (χ1v) is 4.67. The maximum Gasteiger partial charge on any atom is 0.435 e. The molecule has 0 saturated carbocycles. The van der Waals surface area contributed by atoms with E-state index in [4.69, 9.17) is 5.73 Å². The Balaban J connectivity index is 2.79. The van der Waals surface area contributed by atoms with Crippen LogP contribution >= 0.6 is 0 Å². The van der Waals surface area contributed by atoms with Gasteiger partial charge in [-0.2, -0.15) is 18.3 Å². The van der Waals surface area contributed by atoms with Crippen molar-refractivity contribution < 1.29 is 18.0 Å². The number of rotatable bonds is 1. The maximum atomic E-state index is 12.5. The van der Waals surface area contributed by atoms with E-state index in [-0.39, 0.29) is 11.1 Å². The average molecular weight is 243 g/mol. The summed E-state index contributed by atoms with van der Waals surface area (Å²) in [6, 6.07) is 3.68. The molecular weight excluding hydrogens is 235 g/mol. The first-order valence-electron chi connectivity index (χ1n) is 4.67. The van der Waals surface area contributed by atoms with Crippen LogP contribution in [0.4, 0.5) is 13.2 Å². The Kier molecular flexibility index (Phi) is 2.34. The largest absolute Gasteiger partial charge is 0.435 e. The minimum Gasteiger partial charge on any atom is -0.366 e. The molecule has 0 bridgehead atoms. The third-order valence-corrected chi connectivity index (χ3v) is 2.37. The number of halogens is 3. The molecule has 0 fully saturated rings. The standard InChI is InChI=1S/C10H8F3N3O/c1-5-2-3-6(9(14)17)7-4-8(10(11,12)13)15-16(5)7/h2-4H,1H3,(H2,14,17). The zero-order valence-corrected chi connectivity index (χ0v) is 8.75. The number of nitrogens with two attached hydrogens (primary N) is 1. The predicted molar refractivity (Wildman–Crippen MR) is 53.4 cm³/mol. The third-order valence-electron chi connectivity index (χ3n) is 2.37. The first kappa shape index (κ1) is 11.4. The highest BCUT2D eigenvalue weighted by molar-refractivity contribution is 5.99. The van der Waals surface area contributed by atoms with Crippen molar-refractivity contribution in [2.75, 3.05) is 0 Å². The number of nitrogens with zero attached hydrogens (tertiary/aromatic N) is 2. The van der Waals surface area contributed by atoms with E-state index in [9.17, 15) is 18.0 Å². The van der Waals surface area contributed by atoms with Gasteiger partial charge in [0.2, 0.25) is 0 Å². The zero-order chi connectivity index (χ0) is 12.8. The fraction of sp³-hybridized carbons (Fsp3) is 0.200. The highest BCUT2D eigenvalue weighted by Crippen LogP contribution is 2.29. The predicted octanol–water partition coefficient (Wildman–Crippen LogP) is 1.76. The Hall–Kier alpha value is -2.05. The van der Waals surface area contributed by atoms with E-state index in [1.54, 1.807) is 6.92 Å². The van der Waals surface area contributed by atoms with E-state index in [1.807, 2.05) is 0 Å². The summed E-state index contributed by atoms with van der Waals surface area (Å²) in [7, 11) is 0. The number of primary amides is 1. The molecule has 4 nitrogen and oxygen atoms in total. The maximum absolute atomic E-state index is 12.5. The van der Waals surface area contributed by atoms with Crippen molar-refractivity contribution in [1.82, 2.24) is 9.61 Å². The first-order chi connectivity index (χ1) is 7.80. The lowest BCUT2D eigenvalue weighted by atomic mass is 10.2. The molecule has 17 heavy (non-hydrogen) atoms. The van der Waals surface area contributed by atoms with Gasteiger partial charge in [-0.05, 0) is 25.1 Å². The van der Waals surface area contributed by atoms with Gasteiger partial charge in [-0.15, -0.1) is 0 Å². The summed E-state index contributed by atoms with van der Waals surface area (Å²) < 4.78 is 38.6. The summed E-state index contributed by atoms with van der Waals surface area (Å²) in [6.07, 6.45) is -4.55. The van der Waals surface area contributed by atoms with E-state index in [0.717, 1.165) is 10.6 Å². The molecule has 0 radical (unpaired) electrons. The summed E-state index contributed by atoms with van der Waals surface area (Å²) in [4.78, 5) is 11.1. The number of hydrogen-bond acceptors (Lipinski definition) is 2. The van der Waals surface area contributed by atoms with Crippen LogP contribution in [0.15, 0.2) is 18.2 Å². The summed E-state index contributed by atoms with van der Waals surface area (Å²) in [5.74, 6) is -0.788. The lowest BCUT2D eigenvalue weighted by Gasteiger charge is -2.02. The monoisotopic (exact) mass is 243 g/mol. The Morgan fingerprint density at radius 1 is 1.41 bits per heavy atom. The van der Waals surface area contributed by atoms with Crippen molar-refractivity contribution >= 4 is 11.4 Å². The molecule has 0 saturated heterocycles. The Labute approximate surface area is 93.8 Å². The Morgan fingerprint density at radius 2 is 2.06 bits per heavy atom. The highest BCUT2D eigenvalue weighted by atomic mass is 19.4. The Bertz CT molecular complexity index is 601. The molecule has 0 spiro atoms. The number of amides is 1. The summed E-state index contributed by atoms with van der Waals surface area (Å²) in [5.41, 5.74) is 4.60. The minimum absolute atomic E-state index is 0.0126. The lowest BCUT2D eigenvalue weighted by Crippen LogP contribution is -2.13. The summed E-state index contributed by atoms with van der Waals surface area (Å²) >= 11 is 0. The fourth-order valence-electron chi connectivity index (χ4n) is 1.55. The van der Waals surface area contributed by atoms with Gasteiger partial charge in [-0.3, -0.25) is 4.79 Å². The minimum atomic E-state index is -4.55. The molecule has 90 valence electrons. The van der Waals surface area contributed by atoms with E-state index >= 15 is 0 Å². The highest BCUT2D eigenvalue weighted by Gasteiger charge is 2.34. The Morgan fingerprint density at radius 3 is 2.59 bits per heavy atom. The van der Waals surface area contributed by atoms with Crippen molar-refractivity contribution in [3.63, 3.8) is 0 Å². The quantitative estimate of drug-likeness (QED) is 0.829. The van der Waals surface area contributed by atoms with Gasteiger partial charge < -0.3 is 5.73 Å². The molecule has 0 atom stereocenters. The van der Waals surface area contributed by atoms with E-state index in [1.165, 1.54) is 12.1 Å². The molecule has 0 aromatic carbocycles. The van der Waals surface area contributed by atoms with Gasteiger partial charge in [0.25, 0.3) is 5.91 Å². The second kappa shape index (κ2) is 3.47. The number of aryl methyl sites for hydroxylation is 1. The summed E-state index contributed by atoms with van der Waals surface area (Å²) in [5, 5.41) is 3.41. The van der Waals surface area contributed by atoms with Gasteiger partial charge in [-0.25, -0.2) is 4.52 Å². The van der Waals surface area contributed by atoms with Crippen LogP contribution in [-0.2, 0) is 6.18 Å². The van der Waals surface area contributed by atoms with E-state index in [0.29, 0.717) is 5.69 Å². The number of carbonyl (C=O) groups excluding carboxylic acids is 1. The van der Waals surface area contributed by atoms with Crippen LogP contribution in [0.2, 0.25) is 0 Å². The van der Waals surface area contributed by atoms with Gasteiger partial charge in [0.15, 0.2) is 5.69 Å². The molecule has 7 heteroatoms. The van der Waals surface area contributed by atoms with Gasteiger partial charge in [-0.1, -0.05) is 0 Å². The van der Waals surface area contributed by atoms with Crippen LogP contribution in [-0.4, -0.2) is 15.5 Å². The molecule has 2 heterocycles. The van der Waals surface area contributed by atoms with Gasteiger partial charge in [0, 0.05) is 5.69 Å². The molecule has 1 amide bonds. The second-order valence-corrected chi connectivity index (χ2v) is 3.58. The van der Waals surface area contributed by atoms with Gasteiger partial charge >= 0.3 is 6.18 Å². The molecular formula is C10H8F3N3O. The van der Waals surface area contributed by atoms with Crippen molar-refractivity contribution in [1.29, 1.82) is 0 Å². The normalized spacial score (nSPS) is 12.0. The van der Waals surface area contributed by atoms with Crippen molar-refractivity contribution in [2.24, 2.45) is 5.73 Å². The number of fused-ring (bicyclic) bond motifs is 1. The number of hydrogen-bond donors (Lipinski definition) is 1. The molecule has 2 N–H and O–H groups in total. The number of carbonyl (C=O) groups is 1. The molecule has 2 rings (SSSR count). The SMILES string of the molecule is Cc1ccc(C(N)=O)c2cc(C(F)(F)F)nn12. The van der Waals surface area contributed by atoms with Crippen LogP contribution in [0, 0.1) is 6.92 Å². The van der Waals surface area contributed by atoms with E-state index in [2.05, 4.69) is 5.10 Å². The molecule has 2 aromatic heterocycles. The second-order valence-electron chi connectivity index (χ2n) is 3.58. The third kappa shape index (κ3) is 1.83. The number of aromatic nitrogens is 2.